The van der Waals surface area contributed by atoms with Crippen molar-refractivity contribution >= 4 is 28.2 Å². The summed E-state index contributed by atoms with van der Waals surface area (Å²) in [6, 6.07) is 16.9. The summed E-state index contributed by atoms with van der Waals surface area (Å²) < 4.78 is 16.3. The van der Waals surface area contributed by atoms with Crippen molar-refractivity contribution in [2.45, 2.75) is 12.6 Å². The van der Waals surface area contributed by atoms with Crippen molar-refractivity contribution in [1.29, 1.82) is 5.26 Å². The first-order valence-corrected chi connectivity index (χ1v) is 10.7. The summed E-state index contributed by atoms with van der Waals surface area (Å²) in [6.45, 7) is -0.426. The molecule has 2 aromatic carbocycles. The minimum atomic E-state index is -1.06. The summed E-state index contributed by atoms with van der Waals surface area (Å²) in [5.74, 6) is -0.864. The number of hydrogen-bond acceptors (Lipinski definition) is 7. The van der Waals surface area contributed by atoms with Gasteiger partial charge in [-0.2, -0.15) is 14.8 Å². The number of nitrogens with one attached hydrogen (secondary N) is 1. The highest BCUT2D eigenvalue weighted by Gasteiger charge is 2.19. The van der Waals surface area contributed by atoms with Crippen LogP contribution in [0.5, 0.6) is 0 Å². The number of rotatable bonds is 7. The van der Waals surface area contributed by atoms with E-state index in [0.717, 1.165) is 5.56 Å². The van der Waals surface area contributed by atoms with E-state index in [0.29, 0.717) is 16.3 Å². The third-order valence-corrected chi connectivity index (χ3v) is 5.47. The second-order valence-corrected chi connectivity index (χ2v) is 7.95. The average molecular weight is 480 g/mol. The van der Waals surface area contributed by atoms with Crippen LogP contribution in [0.25, 0.3) is 22.0 Å². The molecular formula is C24H19ClFN5O3. The van der Waals surface area contributed by atoms with Crippen LogP contribution in [0.15, 0.2) is 59.4 Å². The molecule has 0 aliphatic carbocycles. The molecular weight excluding hydrogens is 461 g/mol. The molecule has 2 heterocycles. The monoisotopic (exact) mass is 479 g/mol. The molecule has 1 atom stereocenters. The minimum Gasteiger partial charge on any atom is -0.394 e. The second kappa shape index (κ2) is 9.97. The van der Waals surface area contributed by atoms with Crippen molar-refractivity contribution in [3.8, 4) is 17.3 Å². The lowest BCUT2D eigenvalue weighted by Gasteiger charge is -2.14. The molecule has 0 aliphatic rings. The molecule has 0 fully saturated rings. The zero-order valence-corrected chi connectivity index (χ0v) is 18.5. The molecule has 10 heteroatoms. The normalized spacial score (nSPS) is 11.9. The first kappa shape index (κ1) is 23.3. The second-order valence-electron chi connectivity index (χ2n) is 7.54. The number of aliphatic hydroxyl groups excluding tert-OH is 2. The highest BCUT2D eigenvalue weighted by atomic mass is 35.5. The van der Waals surface area contributed by atoms with Gasteiger partial charge in [0.05, 0.1) is 46.9 Å². The molecule has 4 aromatic rings. The van der Waals surface area contributed by atoms with Gasteiger partial charge in [-0.1, -0.05) is 41.9 Å². The van der Waals surface area contributed by atoms with Gasteiger partial charge < -0.3 is 15.5 Å². The predicted molar refractivity (Wildman–Crippen MR) is 126 cm³/mol. The van der Waals surface area contributed by atoms with Crippen molar-refractivity contribution in [1.82, 2.24) is 14.8 Å². The number of hydrogen-bond donors (Lipinski definition) is 3. The molecule has 3 N–H and O–H groups in total. The summed E-state index contributed by atoms with van der Waals surface area (Å²) in [5, 5.41) is 35.4. The molecule has 172 valence electrons. The fourth-order valence-electron chi connectivity index (χ4n) is 3.43. The third kappa shape index (κ3) is 4.75. The number of benzene rings is 2. The zero-order chi connectivity index (χ0) is 24.2. The Morgan fingerprint density at radius 2 is 1.88 bits per heavy atom. The van der Waals surface area contributed by atoms with Crippen LogP contribution in [-0.4, -0.2) is 44.2 Å². The van der Waals surface area contributed by atoms with Crippen molar-refractivity contribution in [3.63, 3.8) is 0 Å². The molecule has 2 aromatic heterocycles. The summed E-state index contributed by atoms with van der Waals surface area (Å²) >= 11 is 6.30. The largest absolute Gasteiger partial charge is 0.394 e. The summed E-state index contributed by atoms with van der Waals surface area (Å²) in [5.41, 5.74) is 1.08. The van der Waals surface area contributed by atoms with Gasteiger partial charge in [0.15, 0.2) is 0 Å². The Hall–Kier alpha value is -3.84. The number of nitriles is 1. The van der Waals surface area contributed by atoms with E-state index in [1.54, 1.807) is 48.5 Å². The Morgan fingerprint density at radius 1 is 1.18 bits per heavy atom. The third-order valence-electron chi connectivity index (χ3n) is 5.18. The molecule has 1 unspecified atom stereocenters. The fourth-order valence-corrected chi connectivity index (χ4v) is 3.65. The maximum Gasteiger partial charge on any atom is 0.274 e. The first-order chi connectivity index (χ1) is 16.4. The SMILES string of the molecule is N#Cc1ccc(Cn2nc(-c3cc(Cl)c(NCC(O)CO)nc3F)c3ccccc3c2=O)cc1. The van der Waals surface area contributed by atoms with E-state index in [4.69, 9.17) is 22.0 Å². The maximum absolute atomic E-state index is 15.1. The Morgan fingerprint density at radius 3 is 2.56 bits per heavy atom. The lowest BCUT2D eigenvalue weighted by molar-refractivity contribution is 0.105. The van der Waals surface area contributed by atoms with Crippen molar-refractivity contribution in [3.05, 3.63) is 87.0 Å². The van der Waals surface area contributed by atoms with E-state index < -0.39 is 18.7 Å². The van der Waals surface area contributed by atoms with Gasteiger partial charge in [0, 0.05) is 11.9 Å². The Kier molecular flexibility index (Phi) is 6.84. The number of fused-ring (bicyclic) bond motifs is 1. The van der Waals surface area contributed by atoms with Crippen LogP contribution in [-0.2, 0) is 6.54 Å². The van der Waals surface area contributed by atoms with Crippen molar-refractivity contribution < 1.29 is 14.6 Å². The molecule has 0 bridgehead atoms. The van der Waals surface area contributed by atoms with Crippen LogP contribution in [0.4, 0.5) is 10.2 Å². The molecule has 0 saturated heterocycles. The molecule has 0 amide bonds. The van der Waals surface area contributed by atoms with Gasteiger partial charge in [-0.25, -0.2) is 9.67 Å². The van der Waals surface area contributed by atoms with Crippen LogP contribution in [0.3, 0.4) is 0 Å². The Bertz CT molecular complexity index is 1450. The molecule has 4 rings (SSSR count). The van der Waals surface area contributed by atoms with Gasteiger partial charge in [0.1, 0.15) is 11.5 Å². The number of nitrogens with zero attached hydrogens (tertiary/aromatic N) is 4. The number of pyridine rings is 1. The van der Waals surface area contributed by atoms with E-state index in [1.165, 1.54) is 10.7 Å². The highest BCUT2D eigenvalue weighted by molar-refractivity contribution is 6.33. The minimum absolute atomic E-state index is 0.00281. The van der Waals surface area contributed by atoms with Crippen LogP contribution >= 0.6 is 11.6 Å². The van der Waals surface area contributed by atoms with Crippen LogP contribution in [0.1, 0.15) is 11.1 Å². The summed E-state index contributed by atoms with van der Waals surface area (Å²) in [4.78, 5) is 16.9. The molecule has 0 saturated carbocycles. The summed E-state index contributed by atoms with van der Waals surface area (Å²) in [7, 11) is 0. The fraction of sp³-hybridized carbons (Fsp3) is 0.167. The van der Waals surface area contributed by atoms with Crippen LogP contribution < -0.4 is 10.9 Å². The van der Waals surface area contributed by atoms with Crippen molar-refractivity contribution in [2.24, 2.45) is 0 Å². The average Bonchev–Trinajstić information content (AvgIpc) is 2.86. The first-order valence-electron chi connectivity index (χ1n) is 10.3. The highest BCUT2D eigenvalue weighted by Crippen LogP contribution is 2.31. The van der Waals surface area contributed by atoms with E-state index in [1.807, 2.05) is 6.07 Å². The van der Waals surface area contributed by atoms with Gasteiger partial charge in [0.2, 0.25) is 5.95 Å². The van der Waals surface area contributed by atoms with E-state index in [-0.39, 0.29) is 40.7 Å². The van der Waals surface area contributed by atoms with E-state index >= 15 is 4.39 Å². The lowest BCUT2D eigenvalue weighted by atomic mass is 10.1. The van der Waals surface area contributed by atoms with E-state index in [2.05, 4.69) is 15.4 Å². The Balaban J connectivity index is 1.80. The topological polar surface area (TPSA) is 124 Å². The molecule has 8 nitrogen and oxygen atoms in total. The molecule has 0 aliphatic heterocycles. The number of aliphatic hydroxyl groups is 2. The van der Waals surface area contributed by atoms with Gasteiger partial charge >= 0.3 is 0 Å². The molecule has 0 spiro atoms. The predicted octanol–water partition coefficient (Wildman–Crippen LogP) is 2.94. The van der Waals surface area contributed by atoms with Crippen LogP contribution in [0, 0.1) is 17.3 Å². The standard InChI is InChI=1S/C24H19ClFN5O3/c25-20-9-19(22(26)29-23(20)28-11-16(33)13-32)21-17-3-1-2-4-18(17)24(34)31(30-21)12-15-7-5-14(10-27)6-8-15/h1-9,16,32-33H,11-13H2,(H,28,29). The van der Waals surface area contributed by atoms with E-state index in [9.17, 15) is 9.90 Å². The summed E-state index contributed by atoms with van der Waals surface area (Å²) in [6.07, 6.45) is -1.06. The number of halogens is 2. The van der Waals surface area contributed by atoms with Gasteiger partial charge in [-0.15, -0.1) is 0 Å². The Labute approximate surface area is 198 Å². The van der Waals surface area contributed by atoms with Crippen molar-refractivity contribution in [2.75, 3.05) is 18.5 Å². The maximum atomic E-state index is 15.1. The van der Waals surface area contributed by atoms with Gasteiger partial charge in [-0.3, -0.25) is 4.79 Å². The zero-order valence-electron chi connectivity index (χ0n) is 17.7. The smallest absolute Gasteiger partial charge is 0.274 e. The lowest BCUT2D eigenvalue weighted by Crippen LogP contribution is -2.25. The quantitative estimate of drug-likeness (QED) is 0.348. The van der Waals surface area contributed by atoms with Gasteiger partial charge in [-0.05, 0) is 29.8 Å². The molecule has 34 heavy (non-hydrogen) atoms. The van der Waals surface area contributed by atoms with Crippen LogP contribution in [0.2, 0.25) is 5.02 Å². The number of aromatic nitrogens is 3. The number of anilines is 1. The van der Waals surface area contributed by atoms with Gasteiger partial charge in [0.25, 0.3) is 5.56 Å². The molecule has 0 radical (unpaired) electrons.